The summed E-state index contributed by atoms with van der Waals surface area (Å²) in [6.45, 7) is 3.65. The van der Waals surface area contributed by atoms with Gasteiger partial charge in [0.25, 0.3) is 0 Å². The van der Waals surface area contributed by atoms with E-state index in [1.165, 1.54) is 0 Å². The molecule has 26 heavy (non-hydrogen) atoms. The number of halogens is 1. The highest BCUT2D eigenvalue weighted by molar-refractivity contribution is 6.31. The quantitative estimate of drug-likeness (QED) is 0.758. The molecule has 7 heteroatoms. The Morgan fingerprint density at radius 1 is 1.35 bits per heavy atom. The fourth-order valence-electron chi connectivity index (χ4n) is 3.72. The number of benzene rings is 1. The lowest BCUT2D eigenvalue weighted by atomic mass is 9.83. The predicted octanol–water partition coefficient (Wildman–Crippen LogP) is 3.87. The molecule has 2 aromatic rings. The van der Waals surface area contributed by atoms with Crippen LogP contribution in [-0.2, 0) is 11.2 Å². The van der Waals surface area contributed by atoms with Crippen LogP contribution in [0.4, 0.5) is 5.88 Å². The van der Waals surface area contributed by atoms with E-state index >= 15 is 0 Å². The lowest BCUT2D eigenvalue weighted by molar-refractivity contribution is 0.0219. The van der Waals surface area contributed by atoms with Gasteiger partial charge in [-0.05, 0) is 31.9 Å². The van der Waals surface area contributed by atoms with Crippen molar-refractivity contribution in [2.45, 2.75) is 38.2 Å². The third kappa shape index (κ3) is 3.14. The van der Waals surface area contributed by atoms with Gasteiger partial charge in [0.2, 0.25) is 5.88 Å². The first-order chi connectivity index (χ1) is 12.6. The van der Waals surface area contributed by atoms with Gasteiger partial charge in [0, 0.05) is 42.6 Å². The van der Waals surface area contributed by atoms with Crippen molar-refractivity contribution in [3.8, 4) is 5.75 Å². The van der Waals surface area contributed by atoms with Gasteiger partial charge in [-0.25, -0.2) is 4.79 Å². The summed E-state index contributed by atoms with van der Waals surface area (Å²) in [6.07, 6.45) is 3.66. The summed E-state index contributed by atoms with van der Waals surface area (Å²) in [6, 6.07) is 7.49. The predicted molar refractivity (Wildman–Crippen MR) is 97.0 cm³/mol. The van der Waals surface area contributed by atoms with Gasteiger partial charge in [0.05, 0.1) is 6.61 Å². The maximum Gasteiger partial charge on any atom is 0.360 e. The van der Waals surface area contributed by atoms with Crippen LogP contribution >= 0.6 is 11.6 Å². The molecule has 0 bridgehead atoms. The number of piperidine rings is 1. The average Bonchev–Trinajstić information content (AvgIpc) is 3.13. The number of anilines is 1. The van der Waals surface area contributed by atoms with Crippen molar-refractivity contribution in [1.82, 2.24) is 5.16 Å². The summed E-state index contributed by atoms with van der Waals surface area (Å²) in [5.41, 5.74) is 1.16. The van der Waals surface area contributed by atoms with E-state index in [9.17, 15) is 4.79 Å². The molecular weight excluding hydrogens is 356 g/mol. The molecule has 6 nitrogen and oxygen atoms in total. The van der Waals surface area contributed by atoms with Crippen LogP contribution in [0.2, 0.25) is 5.02 Å². The molecule has 0 N–H and O–H groups in total. The lowest BCUT2D eigenvalue weighted by Crippen LogP contribution is -2.49. The first-order valence-electron chi connectivity index (χ1n) is 8.95. The normalized spacial score (nSPS) is 18.3. The van der Waals surface area contributed by atoms with Crippen molar-refractivity contribution in [3.05, 3.63) is 40.5 Å². The fraction of sp³-hybridized carbons (Fsp3) is 0.474. The molecule has 1 fully saturated rings. The molecular formula is C19H21ClN2O4. The van der Waals surface area contributed by atoms with Crippen LogP contribution in [0, 0.1) is 0 Å². The molecule has 1 aromatic carbocycles. The molecule has 1 saturated heterocycles. The number of hydrogen-bond acceptors (Lipinski definition) is 6. The molecule has 0 amide bonds. The van der Waals surface area contributed by atoms with E-state index in [4.69, 9.17) is 25.6 Å². The van der Waals surface area contributed by atoms with Crippen molar-refractivity contribution in [2.75, 3.05) is 24.6 Å². The van der Waals surface area contributed by atoms with E-state index in [2.05, 4.69) is 10.1 Å². The largest absolute Gasteiger partial charge is 0.487 e. The smallest absolute Gasteiger partial charge is 0.360 e. The third-order valence-electron chi connectivity index (χ3n) is 5.20. The fourth-order valence-corrected chi connectivity index (χ4v) is 3.98. The van der Waals surface area contributed by atoms with Gasteiger partial charge >= 0.3 is 5.97 Å². The zero-order valence-electron chi connectivity index (χ0n) is 14.7. The Labute approximate surface area is 157 Å². The van der Waals surface area contributed by atoms with Gasteiger partial charge in [0.15, 0.2) is 5.69 Å². The van der Waals surface area contributed by atoms with Crippen LogP contribution in [0.3, 0.4) is 0 Å². The first kappa shape index (κ1) is 17.2. The molecule has 2 aliphatic rings. The molecule has 1 spiro atoms. The second-order valence-corrected chi connectivity index (χ2v) is 7.17. The number of aromatic nitrogens is 1. The van der Waals surface area contributed by atoms with Crippen LogP contribution < -0.4 is 9.64 Å². The molecule has 0 saturated carbocycles. The maximum absolute atomic E-state index is 11.7. The topological polar surface area (TPSA) is 64.8 Å². The minimum atomic E-state index is -0.458. The van der Waals surface area contributed by atoms with Gasteiger partial charge in [-0.1, -0.05) is 22.8 Å². The molecule has 3 heterocycles. The summed E-state index contributed by atoms with van der Waals surface area (Å²) >= 11 is 6.28. The van der Waals surface area contributed by atoms with Crippen LogP contribution in [0.15, 0.2) is 28.8 Å². The summed E-state index contributed by atoms with van der Waals surface area (Å²) in [4.78, 5) is 13.8. The van der Waals surface area contributed by atoms with E-state index in [-0.39, 0.29) is 11.3 Å². The summed E-state index contributed by atoms with van der Waals surface area (Å²) in [5.74, 6) is 1.05. The zero-order chi connectivity index (χ0) is 18.1. The number of rotatable bonds is 3. The number of carbonyl (C=O) groups is 1. The van der Waals surface area contributed by atoms with Gasteiger partial charge < -0.3 is 18.9 Å². The monoisotopic (exact) mass is 376 g/mol. The van der Waals surface area contributed by atoms with E-state index in [0.29, 0.717) is 12.5 Å². The van der Waals surface area contributed by atoms with Gasteiger partial charge in [0.1, 0.15) is 11.4 Å². The van der Waals surface area contributed by atoms with E-state index in [1.54, 1.807) is 13.0 Å². The maximum atomic E-state index is 11.7. The highest BCUT2D eigenvalue weighted by Gasteiger charge is 2.40. The third-order valence-corrected chi connectivity index (χ3v) is 5.56. The molecule has 0 radical (unpaired) electrons. The number of nitrogens with zero attached hydrogens (tertiary/aromatic N) is 2. The molecule has 0 unspecified atom stereocenters. The minimum Gasteiger partial charge on any atom is -0.487 e. The average molecular weight is 377 g/mol. The van der Waals surface area contributed by atoms with Crippen molar-refractivity contribution in [2.24, 2.45) is 0 Å². The minimum absolute atomic E-state index is 0.155. The SMILES string of the molecule is CCOC(=O)c1cc(N2CCC3(CCc4c(Cl)cccc4O3)CC2)on1. The van der Waals surface area contributed by atoms with Crippen molar-refractivity contribution in [3.63, 3.8) is 0 Å². The lowest BCUT2D eigenvalue weighted by Gasteiger charge is -2.44. The van der Waals surface area contributed by atoms with Crippen LogP contribution in [0.1, 0.15) is 42.2 Å². The van der Waals surface area contributed by atoms with Crippen LogP contribution in [-0.4, -0.2) is 36.4 Å². The molecule has 1 aromatic heterocycles. The number of fused-ring (bicyclic) bond motifs is 1. The van der Waals surface area contributed by atoms with Gasteiger partial charge in [-0.2, -0.15) is 0 Å². The van der Waals surface area contributed by atoms with Crippen molar-refractivity contribution >= 4 is 23.5 Å². The second kappa shape index (κ2) is 6.83. The zero-order valence-corrected chi connectivity index (χ0v) is 15.4. The van der Waals surface area contributed by atoms with Crippen LogP contribution in [0.25, 0.3) is 0 Å². The summed E-state index contributed by atoms with van der Waals surface area (Å²) < 4.78 is 16.7. The standard InChI is InChI=1S/C19H21ClN2O4/c1-2-24-18(23)15-12-17(26-21-15)22-10-8-19(9-11-22)7-6-13-14(20)4-3-5-16(13)25-19/h3-5,12H,2,6-11H2,1H3. The highest BCUT2D eigenvalue weighted by Crippen LogP contribution is 2.42. The Kier molecular flexibility index (Phi) is 4.53. The Morgan fingerprint density at radius 3 is 2.92 bits per heavy atom. The second-order valence-electron chi connectivity index (χ2n) is 6.76. The molecule has 138 valence electrons. The van der Waals surface area contributed by atoms with Crippen molar-refractivity contribution in [1.29, 1.82) is 0 Å². The van der Waals surface area contributed by atoms with Gasteiger partial charge in [-0.3, -0.25) is 0 Å². The van der Waals surface area contributed by atoms with Gasteiger partial charge in [-0.15, -0.1) is 0 Å². The Hall–Kier alpha value is -2.21. The highest BCUT2D eigenvalue weighted by atomic mass is 35.5. The number of esters is 1. The first-order valence-corrected chi connectivity index (χ1v) is 9.33. The summed E-state index contributed by atoms with van der Waals surface area (Å²) in [5, 5.41) is 4.60. The van der Waals surface area contributed by atoms with E-state index < -0.39 is 5.97 Å². The number of carbonyl (C=O) groups excluding carboxylic acids is 1. The van der Waals surface area contributed by atoms with Crippen molar-refractivity contribution < 1.29 is 18.8 Å². The number of hydrogen-bond donors (Lipinski definition) is 0. The molecule has 0 atom stereocenters. The van der Waals surface area contributed by atoms with Crippen LogP contribution in [0.5, 0.6) is 5.75 Å². The molecule has 0 aliphatic carbocycles. The number of ether oxygens (including phenoxy) is 2. The van der Waals surface area contributed by atoms with E-state index in [0.717, 1.165) is 55.1 Å². The molecule has 2 aliphatic heterocycles. The Morgan fingerprint density at radius 2 is 2.15 bits per heavy atom. The molecule has 4 rings (SSSR count). The Balaban J connectivity index is 1.42. The summed E-state index contributed by atoms with van der Waals surface area (Å²) in [7, 11) is 0. The van der Waals surface area contributed by atoms with E-state index in [1.807, 2.05) is 18.2 Å². The Bertz CT molecular complexity index is 812.